The van der Waals surface area contributed by atoms with Crippen LogP contribution >= 0.6 is 0 Å². The highest BCUT2D eigenvalue weighted by Crippen LogP contribution is 2.23. The summed E-state index contributed by atoms with van der Waals surface area (Å²) in [4.78, 5) is 12.5. The zero-order valence-electron chi connectivity index (χ0n) is 7.89. The number of benzene rings is 1. The molecule has 1 atom stereocenters. The average Bonchev–Trinajstić information content (AvgIpc) is 2.60. The molecule has 0 saturated carbocycles. The van der Waals surface area contributed by atoms with E-state index in [9.17, 15) is 9.18 Å². The van der Waals surface area contributed by atoms with Crippen LogP contribution in [0.1, 0.15) is 0 Å². The fraction of sp³-hybridized carbons (Fsp3) is 0.300. The second-order valence-corrected chi connectivity index (χ2v) is 3.25. The zero-order chi connectivity index (χ0) is 10.8. The topological polar surface area (TPSA) is 49.8 Å². The average molecular weight is 211 g/mol. The summed E-state index contributed by atoms with van der Waals surface area (Å²) < 4.78 is 18.1. The van der Waals surface area contributed by atoms with Crippen molar-refractivity contribution in [2.75, 3.05) is 18.1 Å². The Kier molecular flexibility index (Phi) is 2.55. The minimum absolute atomic E-state index is 0.177. The molecule has 1 saturated heterocycles. The number of anilines is 1. The third-order valence-corrected chi connectivity index (χ3v) is 2.22. The van der Waals surface area contributed by atoms with Gasteiger partial charge in [0.25, 0.3) is 0 Å². The second kappa shape index (κ2) is 3.86. The minimum atomic E-state index is -0.626. The Labute approximate surface area is 85.9 Å². The summed E-state index contributed by atoms with van der Waals surface area (Å²) in [6.07, 6.45) is -1.20. The van der Waals surface area contributed by atoms with Gasteiger partial charge in [0, 0.05) is 0 Å². The van der Waals surface area contributed by atoms with E-state index in [0.717, 1.165) is 0 Å². The Morgan fingerprint density at radius 3 is 2.87 bits per heavy atom. The normalized spacial score (nSPS) is 20.5. The van der Waals surface area contributed by atoms with Crippen LogP contribution in [0.25, 0.3) is 0 Å². The van der Waals surface area contributed by atoms with E-state index in [1.165, 1.54) is 17.0 Å². The molecule has 1 fully saturated rings. The number of ether oxygens (including phenoxy) is 1. The number of amides is 1. The largest absolute Gasteiger partial charge is 0.441 e. The maximum absolute atomic E-state index is 13.3. The molecule has 0 aromatic heterocycles. The van der Waals surface area contributed by atoms with E-state index in [-0.39, 0.29) is 18.8 Å². The number of hydrogen-bond acceptors (Lipinski definition) is 3. The lowest BCUT2D eigenvalue weighted by atomic mass is 10.2. The molecule has 2 rings (SSSR count). The summed E-state index contributed by atoms with van der Waals surface area (Å²) in [6.45, 7) is -0.0764. The van der Waals surface area contributed by atoms with Crippen molar-refractivity contribution < 1.29 is 19.0 Å². The smallest absolute Gasteiger partial charge is 0.414 e. The molecular formula is C10H10FNO3. The molecule has 0 bridgehead atoms. The molecule has 1 aliphatic heterocycles. The third-order valence-electron chi connectivity index (χ3n) is 2.22. The van der Waals surface area contributed by atoms with Crippen LogP contribution in [0.3, 0.4) is 0 Å². The highest BCUT2D eigenvalue weighted by atomic mass is 19.1. The van der Waals surface area contributed by atoms with Crippen molar-refractivity contribution in [3.8, 4) is 0 Å². The molecule has 0 spiro atoms. The number of halogens is 1. The Hall–Kier alpha value is -1.62. The number of carbonyl (C=O) groups is 1. The molecule has 0 aliphatic carbocycles. The summed E-state index contributed by atoms with van der Waals surface area (Å²) >= 11 is 0. The number of rotatable bonds is 2. The Morgan fingerprint density at radius 1 is 1.53 bits per heavy atom. The van der Waals surface area contributed by atoms with Crippen LogP contribution in [0.2, 0.25) is 0 Å². The van der Waals surface area contributed by atoms with Gasteiger partial charge >= 0.3 is 6.09 Å². The SMILES string of the molecule is O=C1O[C@H](CO)CN1c1ccccc1F. The van der Waals surface area contributed by atoms with Crippen molar-refractivity contribution in [3.05, 3.63) is 30.1 Å². The number of para-hydroxylation sites is 1. The van der Waals surface area contributed by atoms with E-state index in [1.54, 1.807) is 12.1 Å². The molecule has 1 amide bonds. The van der Waals surface area contributed by atoms with Crippen molar-refractivity contribution in [2.24, 2.45) is 0 Å². The highest BCUT2D eigenvalue weighted by molar-refractivity contribution is 5.89. The first-order valence-corrected chi connectivity index (χ1v) is 4.56. The number of aliphatic hydroxyl groups excluding tert-OH is 1. The fourth-order valence-corrected chi connectivity index (χ4v) is 1.48. The molecule has 5 heteroatoms. The van der Waals surface area contributed by atoms with Crippen LogP contribution in [0.15, 0.2) is 24.3 Å². The van der Waals surface area contributed by atoms with E-state index in [0.29, 0.717) is 0 Å². The molecule has 15 heavy (non-hydrogen) atoms. The van der Waals surface area contributed by atoms with E-state index in [2.05, 4.69) is 0 Å². The van der Waals surface area contributed by atoms with Crippen molar-refractivity contribution in [1.82, 2.24) is 0 Å². The fourth-order valence-electron chi connectivity index (χ4n) is 1.48. The van der Waals surface area contributed by atoms with Crippen LogP contribution in [0, 0.1) is 5.82 Å². The number of cyclic esters (lactones) is 1. The molecule has 1 aliphatic rings. The van der Waals surface area contributed by atoms with Gasteiger partial charge in [-0.05, 0) is 12.1 Å². The van der Waals surface area contributed by atoms with Gasteiger partial charge in [0.2, 0.25) is 0 Å². The van der Waals surface area contributed by atoms with Crippen LogP contribution in [0.4, 0.5) is 14.9 Å². The molecule has 0 radical (unpaired) electrons. The van der Waals surface area contributed by atoms with Crippen LogP contribution in [-0.2, 0) is 4.74 Å². The molecule has 80 valence electrons. The standard InChI is InChI=1S/C10H10FNO3/c11-8-3-1-2-4-9(8)12-5-7(6-13)15-10(12)14/h1-4,7,13H,5-6H2/t7-/m0/s1. The van der Waals surface area contributed by atoms with Crippen molar-refractivity contribution in [3.63, 3.8) is 0 Å². The van der Waals surface area contributed by atoms with Gasteiger partial charge in [0.15, 0.2) is 0 Å². The Balaban J connectivity index is 2.25. The van der Waals surface area contributed by atoms with Gasteiger partial charge < -0.3 is 9.84 Å². The predicted molar refractivity (Wildman–Crippen MR) is 51.1 cm³/mol. The van der Waals surface area contributed by atoms with Crippen molar-refractivity contribution in [2.45, 2.75) is 6.10 Å². The number of hydrogen-bond donors (Lipinski definition) is 1. The molecule has 1 aromatic carbocycles. The number of nitrogens with zero attached hydrogens (tertiary/aromatic N) is 1. The number of aliphatic hydroxyl groups is 1. The van der Waals surface area contributed by atoms with Crippen molar-refractivity contribution >= 4 is 11.8 Å². The molecule has 0 unspecified atom stereocenters. The van der Waals surface area contributed by atoms with Gasteiger partial charge in [0.05, 0.1) is 18.8 Å². The second-order valence-electron chi connectivity index (χ2n) is 3.25. The Bertz CT molecular complexity index is 383. The minimum Gasteiger partial charge on any atom is -0.441 e. The van der Waals surface area contributed by atoms with Crippen LogP contribution < -0.4 is 4.90 Å². The molecule has 1 aromatic rings. The number of carbonyl (C=O) groups excluding carboxylic acids is 1. The summed E-state index contributed by atoms with van der Waals surface area (Å²) in [5.74, 6) is -0.479. The van der Waals surface area contributed by atoms with Gasteiger partial charge in [-0.2, -0.15) is 0 Å². The van der Waals surface area contributed by atoms with E-state index >= 15 is 0 Å². The highest BCUT2D eigenvalue weighted by Gasteiger charge is 2.32. The van der Waals surface area contributed by atoms with Gasteiger partial charge in [-0.15, -0.1) is 0 Å². The lowest BCUT2D eigenvalue weighted by molar-refractivity contribution is 0.0963. The monoisotopic (exact) mass is 211 g/mol. The predicted octanol–water partition coefficient (Wildman–Crippen LogP) is 1.14. The third kappa shape index (κ3) is 1.78. The van der Waals surface area contributed by atoms with E-state index < -0.39 is 18.0 Å². The summed E-state index contributed by atoms with van der Waals surface area (Å²) in [5.41, 5.74) is 0.179. The summed E-state index contributed by atoms with van der Waals surface area (Å²) in [7, 11) is 0. The van der Waals surface area contributed by atoms with Gasteiger partial charge in [-0.1, -0.05) is 12.1 Å². The first-order valence-electron chi connectivity index (χ1n) is 4.56. The summed E-state index contributed by atoms with van der Waals surface area (Å²) in [6, 6.07) is 5.95. The maximum Gasteiger partial charge on any atom is 0.414 e. The first kappa shape index (κ1) is 9.92. The van der Waals surface area contributed by atoms with Gasteiger partial charge in [-0.25, -0.2) is 9.18 Å². The zero-order valence-corrected chi connectivity index (χ0v) is 7.89. The molecule has 1 N–H and O–H groups in total. The quantitative estimate of drug-likeness (QED) is 0.798. The first-order chi connectivity index (χ1) is 7.22. The maximum atomic E-state index is 13.3. The van der Waals surface area contributed by atoms with Gasteiger partial charge in [-0.3, -0.25) is 4.90 Å². The lowest BCUT2D eigenvalue weighted by Gasteiger charge is -2.12. The lowest BCUT2D eigenvalue weighted by Crippen LogP contribution is -2.26. The van der Waals surface area contributed by atoms with E-state index in [1.807, 2.05) is 0 Å². The van der Waals surface area contributed by atoms with Gasteiger partial charge in [0.1, 0.15) is 11.9 Å². The molecule has 1 heterocycles. The molecule has 4 nitrogen and oxygen atoms in total. The molecular weight excluding hydrogens is 201 g/mol. The Morgan fingerprint density at radius 2 is 2.27 bits per heavy atom. The van der Waals surface area contributed by atoms with Crippen LogP contribution in [-0.4, -0.2) is 30.5 Å². The summed E-state index contributed by atoms with van der Waals surface area (Å²) in [5, 5.41) is 8.82. The van der Waals surface area contributed by atoms with Crippen molar-refractivity contribution in [1.29, 1.82) is 0 Å². The van der Waals surface area contributed by atoms with E-state index in [4.69, 9.17) is 9.84 Å². The van der Waals surface area contributed by atoms with Crippen LogP contribution in [0.5, 0.6) is 0 Å².